The van der Waals surface area contributed by atoms with Crippen molar-refractivity contribution in [3.05, 3.63) is 65.9 Å². The number of aromatic nitrogens is 2. The zero-order valence-corrected chi connectivity index (χ0v) is 16.0. The number of para-hydroxylation sites is 1. The van der Waals surface area contributed by atoms with Crippen molar-refractivity contribution >= 4 is 11.7 Å². The highest BCUT2D eigenvalue weighted by Gasteiger charge is 2.22. The van der Waals surface area contributed by atoms with Crippen LogP contribution in [0.5, 0.6) is 0 Å². The molecule has 28 heavy (non-hydrogen) atoms. The van der Waals surface area contributed by atoms with Gasteiger partial charge in [0.1, 0.15) is 5.82 Å². The molecule has 2 aromatic carbocycles. The first-order chi connectivity index (χ1) is 13.5. The van der Waals surface area contributed by atoms with Crippen molar-refractivity contribution < 1.29 is 4.79 Å². The van der Waals surface area contributed by atoms with Gasteiger partial charge in [-0.05, 0) is 49.6 Å². The van der Waals surface area contributed by atoms with Gasteiger partial charge in [-0.3, -0.25) is 4.79 Å². The van der Waals surface area contributed by atoms with Gasteiger partial charge in [-0.1, -0.05) is 30.3 Å². The molecule has 1 amide bonds. The Hall–Kier alpha value is -3.12. The molecule has 1 fully saturated rings. The van der Waals surface area contributed by atoms with Crippen LogP contribution in [-0.4, -0.2) is 39.7 Å². The molecule has 6 heteroatoms. The van der Waals surface area contributed by atoms with Crippen molar-refractivity contribution in [3.8, 4) is 16.8 Å². The molecule has 3 aromatic rings. The van der Waals surface area contributed by atoms with Crippen LogP contribution < -0.4 is 11.5 Å². The highest BCUT2D eigenvalue weighted by Crippen LogP contribution is 2.31. The maximum Gasteiger partial charge on any atom is 0.253 e. The minimum atomic E-state index is 0.0584. The van der Waals surface area contributed by atoms with Crippen LogP contribution >= 0.6 is 0 Å². The van der Waals surface area contributed by atoms with Gasteiger partial charge in [0.25, 0.3) is 5.91 Å². The van der Waals surface area contributed by atoms with Crippen LogP contribution in [0.15, 0.2) is 54.6 Å². The number of piperidine rings is 1. The number of hydrogen-bond acceptors (Lipinski definition) is 4. The lowest BCUT2D eigenvalue weighted by Crippen LogP contribution is -2.42. The van der Waals surface area contributed by atoms with Gasteiger partial charge in [0.05, 0.1) is 11.4 Å². The Balaban J connectivity index is 1.59. The maximum atomic E-state index is 12.7. The third kappa shape index (κ3) is 3.39. The van der Waals surface area contributed by atoms with Crippen LogP contribution in [0.1, 0.15) is 28.9 Å². The number of rotatable bonds is 3. The molecule has 144 valence electrons. The molecule has 4 N–H and O–H groups in total. The number of likely N-dealkylation sites (tertiary alicyclic amines) is 1. The number of anilines is 1. The first-order valence-corrected chi connectivity index (χ1v) is 9.60. The van der Waals surface area contributed by atoms with Crippen molar-refractivity contribution in [1.29, 1.82) is 0 Å². The lowest BCUT2D eigenvalue weighted by atomic mass is 10.0. The van der Waals surface area contributed by atoms with E-state index < -0.39 is 0 Å². The van der Waals surface area contributed by atoms with E-state index in [0.717, 1.165) is 48.4 Å². The molecule has 0 spiro atoms. The zero-order chi connectivity index (χ0) is 19.7. The van der Waals surface area contributed by atoms with Gasteiger partial charge in [-0.15, -0.1) is 0 Å². The summed E-state index contributed by atoms with van der Waals surface area (Å²) < 4.78 is 1.75. The summed E-state index contributed by atoms with van der Waals surface area (Å²) in [5, 5.41) is 4.60. The van der Waals surface area contributed by atoms with Crippen LogP contribution in [0.2, 0.25) is 0 Å². The topological polar surface area (TPSA) is 90.2 Å². The van der Waals surface area contributed by atoms with Crippen LogP contribution in [0.4, 0.5) is 5.82 Å². The number of nitrogens with zero attached hydrogens (tertiary/aromatic N) is 3. The Labute approximate surface area is 164 Å². The molecule has 0 saturated carbocycles. The molecule has 0 aliphatic carbocycles. The number of carbonyl (C=O) groups excluding carboxylic acids is 1. The van der Waals surface area contributed by atoms with Gasteiger partial charge in [0.2, 0.25) is 0 Å². The second-order valence-electron chi connectivity index (χ2n) is 7.30. The third-order valence-electron chi connectivity index (χ3n) is 5.34. The van der Waals surface area contributed by atoms with E-state index in [-0.39, 0.29) is 11.9 Å². The molecule has 0 radical (unpaired) electrons. The zero-order valence-electron chi connectivity index (χ0n) is 16.0. The fraction of sp³-hybridized carbons (Fsp3) is 0.273. The summed E-state index contributed by atoms with van der Waals surface area (Å²) in [6.07, 6.45) is 1.72. The smallest absolute Gasteiger partial charge is 0.253 e. The molecule has 0 unspecified atom stereocenters. The Kier molecular flexibility index (Phi) is 4.88. The second-order valence-corrected chi connectivity index (χ2v) is 7.30. The number of carbonyl (C=O) groups is 1. The van der Waals surface area contributed by atoms with Gasteiger partial charge < -0.3 is 16.4 Å². The van der Waals surface area contributed by atoms with Crippen molar-refractivity contribution in [2.75, 3.05) is 18.8 Å². The van der Waals surface area contributed by atoms with Gasteiger partial charge >= 0.3 is 0 Å². The van der Waals surface area contributed by atoms with E-state index >= 15 is 0 Å². The Morgan fingerprint density at radius 3 is 2.32 bits per heavy atom. The molecule has 1 aliphatic rings. The number of benzene rings is 2. The van der Waals surface area contributed by atoms with E-state index in [1.54, 1.807) is 4.68 Å². The fourth-order valence-electron chi connectivity index (χ4n) is 3.73. The normalized spacial score (nSPS) is 15.0. The van der Waals surface area contributed by atoms with E-state index in [1.807, 2.05) is 66.4 Å². The summed E-state index contributed by atoms with van der Waals surface area (Å²) in [7, 11) is 0. The molecular formula is C22H25N5O. The predicted molar refractivity (Wildman–Crippen MR) is 111 cm³/mol. The maximum absolute atomic E-state index is 12.7. The summed E-state index contributed by atoms with van der Waals surface area (Å²) >= 11 is 0. The molecule has 0 atom stereocenters. The summed E-state index contributed by atoms with van der Waals surface area (Å²) in [6.45, 7) is 3.39. The first kappa shape index (κ1) is 18.3. The van der Waals surface area contributed by atoms with E-state index in [9.17, 15) is 4.79 Å². The molecule has 1 aliphatic heterocycles. The molecule has 1 aromatic heterocycles. The average molecular weight is 375 g/mol. The van der Waals surface area contributed by atoms with Crippen molar-refractivity contribution in [2.24, 2.45) is 5.73 Å². The van der Waals surface area contributed by atoms with E-state index in [4.69, 9.17) is 11.5 Å². The summed E-state index contributed by atoms with van der Waals surface area (Å²) in [5.41, 5.74) is 16.7. The molecule has 2 heterocycles. The monoisotopic (exact) mass is 375 g/mol. The van der Waals surface area contributed by atoms with E-state index in [2.05, 4.69) is 5.10 Å². The number of nitrogens with two attached hydrogens (primary N) is 2. The quantitative estimate of drug-likeness (QED) is 0.736. The minimum absolute atomic E-state index is 0.0584. The van der Waals surface area contributed by atoms with Crippen LogP contribution in [0.25, 0.3) is 16.8 Å². The molecule has 6 nitrogen and oxygen atoms in total. The van der Waals surface area contributed by atoms with Crippen molar-refractivity contribution in [3.63, 3.8) is 0 Å². The minimum Gasteiger partial charge on any atom is -0.383 e. The average Bonchev–Trinajstić information content (AvgIpc) is 3.03. The lowest BCUT2D eigenvalue weighted by molar-refractivity contribution is 0.0715. The first-order valence-electron chi connectivity index (χ1n) is 9.60. The Morgan fingerprint density at radius 1 is 1.04 bits per heavy atom. The standard InChI is InChI=1S/C22H25N5O/c1-15-20(21(24)27(25-15)19-5-3-2-4-6-19)16-7-9-17(10-8-16)22(28)26-13-11-18(23)12-14-26/h2-10,18H,11-14,23-24H2,1H3. The van der Waals surface area contributed by atoms with Gasteiger partial charge in [0, 0.05) is 30.3 Å². The van der Waals surface area contributed by atoms with Crippen molar-refractivity contribution in [1.82, 2.24) is 14.7 Å². The summed E-state index contributed by atoms with van der Waals surface area (Å²) in [6, 6.07) is 17.6. The molecule has 0 bridgehead atoms. The van der Waals surface area contributed by atoms with Crippen LogP contribution in [0.3, 0.4) is 0 Å². The van der Waals surface area contributed by atoms with Gasteiger partial charge in [0.15, 0.2) is 0 Å². The highest BCUT2D eigenvalue weighted by atomic mass is 16.2. The van der Waals surface area contributed by atoms with Crippen LogP contribution in [-0.2, 0) is 0 Å². The lowest BCUT2D eigenvalue weighted by Gasteiger charge is -2.30. The summed E-state index contributed by atoms with van der Waals surface area (Å²) in [4.78, 5) is 14.6. The number of nitrogen functional groups attached to an aromatic ring is 1. The molecule has 4 rings (SSSR count). The number of amides is 1. The second kappa shape index (κ2) is 7.48. The molecular weight excluding hydrogens is 350 g/mol. The predicted octanol–water partition coefficient (Wildman–Crippen LogP) is 2.99. The SMILES string of the molecule is Cc1nn(-c2ccccc2)c(N)c1-c1ccc(C(=O)N2CCC(N)CC2)cc1. The van der Waals surface area contributed by atoms with E-state index in [0.29, 0.717) is 11.4 Å². The van der Waals surface area contributed by atoms with Crippen molar-refractivity contribution in [2.45, 2.75) is 25.8 Å². The van der Waals surface area contributed by atoms with E-state index in [1.165, 1.54) is 0 Å². The van der Waals surface area contributed by atoms with Gasteiger partial charge in [-0.2, -0.15) is 5.10 Å². The summed E-state index contributed by atoms with van der Waals surface area (Å²) in [5.74, 6) is 0.649. The number of hydrogen-bond donors (Lipinski definition) is 2. The largest absolute Gasteiger partial charge is 0.383 e. The van der Waals surface area contributed by atoms with Crippen LogP contribution in [0, 0.1) is 6.92 Å². The third-order valence-corrected chi connectivity index (χ3v) is 5.34. The molecule has 1 saturated heterocycles. The highest BCUT2D eigenvalue weighted by molar-refractivity contribution is 5.95. The Bertz CT molecular complexity index is 970. The fourth-order valence-corrected chi connectivity index (χ4v) is 3.73. The number of aryl methyl sites for hydroxylation is 1. The van der Waals surface area contributed by atoms with Gasteiger partial charge in [-0.25, -0.2) is 4.68 Å². The Morgan fingerprint density at radius 2 is 1.68 bits per heavy atom.